The second-order valence-electron chi connectivity index (χ2n) is 5.53. The van der Waals surface area contributed by atoms with Gasteiger partial charge in [-0.1, -0.05) is 30.3 Å². The quantitative estimate of drug-likeness (QED) is 0.478. The zero-order valence-electron chi connectivity index (χ0n) is 13.7. The Labute approximate surface area is 149 Å². The fourth-order valence-electron chi connectivity index (χ4n) is 2.31. The summed E-state index contributed by atoms with van der Waals surface area (Å²) in [6.07, 6.45) is 1.33. The molecule has 4 N–H and O–H groups in total. The van der Waals surface area contributed by atoms with Crippen LogP contribution in [-0.2, 0) is 9.59 Å². The molecular weight excluding hydrogens is 334 g/mol. The van der Waals surface area contributed by atoms with E-state index in [-0.39, 0.29) is 29.9 Å². The maximum Gasteiger partial charge on any atom is 0.252 e. The average molecular weight is 351 g/mol. The summed E-state index contributed by atoms with van der Waals surface area (Å²) in [4.78, 5) is 28.1. The standard InChI is InChI=1S/C18H17N5O3/c24-15-9-5-4-6-12(15)11-19-23-18-21-14(17(26)22-18)10-16(25)20-13-7-2-1-3-8-13/h1-9,11,14,24H,10H2,(H,20,25)(H2,21,22,23,26). The van der Waals surface area contributed by atoms with E-state index in [1.807, 2.05) is 6.07 Å². The minimum Gasteiger partial charge on any atom is -0.507 e. The molecule has 0 saturated carbocycles. The summed E-state index contributed by atoms with van der Waals surface area (Å²) in [5, 5.41) is 18.8. The molecule has 0 bridgehead atoms. The first kappa shape index (κ1) is 17.2. The van der Waals surface area contributed by atoms with Crippen LogP contribution in [0.2, 0.25) is 0 Å². The molecule has 0 saturated heterocycles. The van der Waals surface area contributed by atoms with Gasteiger partial charge in [-0.05, 0) is 24.3 Å². The molecule has 2 amide bonds. The first-order valence-electron chi connectivity index (χ1n) is 7.92. The van der Waals surface area contributed by atoms with Gasteiger partial charge in [-0.3, -0.25) is 14.9 Å². The number of rotatable bonds is 5. The Morgan fingerprint density at radius 1 is 1.19 bits per heavy atom. The maximum atomic E-state index is 12.0. The largest absolute Gasteiger partial charge is 0.507 e. The van der Waals surface area contributed by atoms with Gasteiger partial charge in [-0.2, -0.15) is 5.10 Å². The van der Waals surface area contributed by atoms with E-state index in [0.717, 1.165) is 0 Å². The molecule has 0 aromatic heterocycles. The van der Waals surface area contributed by atoms with Gasteiger partial charge in [0.1, 0.15) is 11.8 Å². The Bertz CT molecular complexity index is 864. The van der Waals surface area contributed by atoms with Crippen LogP contribution < -0.4 is 16.1 Å². The lowest BCUT2D eigenvalue weighted by atomic mass is 10.2. The lowest BCUT2D eigenvalue weighted by Gasteiger charge is -2.06. The van der Waals surface area contributed by atoms with E-state index in [1.165, 1.54) is 12.3 Å². The Morgan fingerprint density at radius 2 is 1.92 bits per heavy atom. The smallest absolute Gasteiger partial charge is 0.252 e. The highest BCUT2D eigenvalue weighted by Crippen LogP contribution is 2.12. The number of carbonyl (C=O) groups excluding carboxylic acids is 2. The number of guanidine groups is 1. The van der Waals surface area contributed by atoms with Gasteiger partial charge in [0.2, 0.25) is 11.9 Å². The number of carbonyl (C=O) groups is 2. The van der Waals surface area contributed by atoms with Crippen molar-refractivity contribution in [2.24, 2.45) is 10.1 Å². The molecule has 8 nitrogen and oxygen atoms in total. The minimum absolute atomic E-state index is 0.0743. The van der Waals surface area contributed by atoms with Gasteiger partial charge in [0.15, 0.2) is 0 Å². The number of hydrogen-bond donors (Lipinski definition) is 4. The molecule has 26 heavy (non-hydrogen) atoms. The zero-order chi connectivity index (χ0) is 18.4. The number of hydrogen-bond acceptors (Lipinski definition) is 6. The van der Waals surface area contributed by atoms with Crippen molar-refractivity contribution in [3.05, 3.63) is 60.2 Å². The lowest BCUT2D eigenvalue weighted by molar-refractivity contribution is -0.123. The number of aromatic hydroxyl groups is 1. The number of nitrogens with zero attached hydrogens (tertiary/aromatic N) is 2. The maximum absolute atomic E-state index is 12.0. The number of phenols is 1. The van der Waals surface area contributed by atoms with Crippen LogP contribution in [0.25, 0.3) is 0 Å². The molecule has 3 rings (SSSR count). The van der Waals surface area contributed by atoms with Crippen molar-refractivity contribution >= 4 is 29.7 Å². The van der Waals surface area contributed by atoms with Crippen LogP contribution in [0.5, 0.6) is 5.75 Å². The van der Waals surface area contributed by atoms with E-state index in [9.17, 15) is 14.7 Å². The minimum atomic E-state index is -0.818. The third kappa shape index (κ3) is 4.44. The summed E-state index contributed by atoms with van der Waals surface area (Å²) >= 11 is 0. The Hall–Kier alpha value is -3.68. The van der Waals surface area contributed by atoms with Crippen LogP contribution in [0.4, 0.5) is 5.69 Å². The fourth-order valence-corrected chi connectivity index (χ4v) is 2.31. The number of para-hydroxylation sites is 2. The molecule has 8 heteroatoms. The van der Waals surface area contributed by atoms with Crippen molar-refractivity contribution < 1.29 is 14.7 Å². The highest BCUT2D eigenvalue weighted by molar-refractivity contribution is 6.07. The Kier molecular flexibility index (Phi) is 5.23. The highest BCUT2D eigenvalue weighted by Gasteiger charge is 2.28. The molecule has 2 aromatic carbocycles. The van der Waals surface area contributed by atoms with E-state index < -0.39 is 6.04 Å². The number of nitrogens with one attached hydrogen (secondary N) is 3. The Morgan fingerprint density at radius 3 is 2.69 bits per heavy atom. The van der Waals surface area contributed by atoms with E-state index in [4.69, 9.17) is 0 Å². The molecule has 0 aliphatic carbocycles. The van der Waals surface area contributed by atoms with Gasteiger partial charge in [0.05, 0.1) is 12.6 Å². The van der Waals surface area contributed by atoms with Gasteiger partial charge in [0, 0.05) is 11.3 Å². The third-order valence-corrected chi connectivity index (χ3v) is 3.58. The molecule has 1 heterocycles. The molecule has 0 fully saturated rings. The summed E-state index contributed by atoms with van der Waals surface area (Å²) in [7, 11) is 0. The zero-order valence-corrected chi connectivity index (χ0v) is 13.7. The van der Waals surface area contributed by atoms with Crippen molar-refractivity contribution in [1.82, 2.24) is 10.7 Å². The van der Waals surface area contributed by atoms with Crippen LogP contribution in [0, 0.1) is 0 Å². The lowest BCUT2D eigenvalue weighted by Crippen LogP contribution is -2.35. The van der Waals surface area contributed by atoms with E-state index >= 15 is 0 Å². The number of anilines is 1. The second kappa shape index (κ2) is 7.93. The highest BCUT2D eigenvalue weighted by atomic mass is 16.3. The van der Waals surface area contributed by atoms with E-state index in [1.54, 1.807) is 42.5 Å². The number of benzene rings is 2. The molecular formula is C18H17N5O3. The van der Waals surface area contributed by atoms with Gasteiger partial charge >= 0.3 is 0 Å². The molecule has 1 atom stereocenters. The molecule has 1 aliphatic heterocycles. The summed E-state index contributed by atoms with van der Waals surface area (Å²) in [6.45, 7) is 0. The van der Waals surface area contributed by atoms with Gasteiger partial charge < -0.3 is 10.4 Å². The van der Waals surface area contributed by atoms with Crippen molar-refractivity contribution in [1.29, 1.82) is 0 Å². The monoisotopic (exact) mass is 351 g/mol. The van der Waals surface area contributed by atoms with Gasteiger partial charge in [-0.25, -0.2) is 10.4 Å². The third-order valence-electron chi connectivity index (χ3n) is 3.58. The van der Waals surface area contributed by atoms with Crippen molar-refractivity contribution in [2.45, 2.75) is 12.5 Å². The Balaban J connectivity index is 1.55. The van der Waals surface area contributed by atoms with Crippen molar-refractivity contribution in [3.63, 3.8) is 0 Å². The van der Waals surface area contributed by atoms with E-state index in [2.05, 4.69) is 26.2 Å². The topological polar surface area (TPSA) is 115 Å². The summed E-state index contributed by atoms with van der Waals surface area (Å²) in [5.41, 5.74) is 3.76. The van der Waals surface area contributed by atoms with Crippen LogP contribution >= 0.6 is 0 Å². The van der Waals surface area contributed by atoms with Crippen molar-refractivity contribution in [2.75, 3.05) is 5.32 Å². The molecule has 1 unspecified atom stereocenters. The fraction of sp³-hybridized carbons (Fsp3) is 0.111. The predicted molar refractivity (Wildman–Crippen MR) is 97.9 cm³/mol. The van der Waals surface area contributed by atoms with Crippen LogP contribution in [0.3, 0.4) is 0 Å². The van der Waals surface area contributed by atoms with E-state index in [0.29, 0.717) is 11.3 Å². The summed E-state index contributed by atoms with van der Waals surface area (Å²) in [5.74, 6) is -0.447. The predicted octanol–water partition coefficient (Wildman–Crippen LogP) is 1.20. The molecule has 1 aliphatic rings. The number of hydrazone groups is 1. The first-order chi connectivity index (χ1) is 12.6. The summed E-state index contributed by atoms with van der Waals surface area (Å²) in [6, 6.07) is 14.8. The molecule has 132 valence electrons. The normalized spacial score (nSPS) is 16.2. The summed E-state index contributed by atoms with van der Waals surface area (Å²) < 4.78 is 0. The second-order valence-corrected chi connectivity index (χ2v) is 5.53. The molecule has 0 radical (unpaired) electrons. The van der Waals surface area contributed by atoms with Gasteiger partial charge in [-0.15, -0.1) is 0 Å². The molecule has 2 aromatic rings. The number of phenolic OH excluding ortho intramolecular Hbond substituents is 1. The van der Waals surface area contributed by atoms with Crippen LogP contribution in [0.15, 0.2) is 64.7 Å². The number of aliphatic imine (C=N–C) groups is 1. The van der Waals surface area contributed by atoms with Crippen molar-refractivity contribution in [3.8, 4) is 5.75 Å². The molecule has 0 spiro atoms. The first-order valence-corrected chi connectivity index (χ1v) is 7.92. The number of amides is 2. The SMILES string of the molecule is O=C(CC1N=C(NN=Cc2ccccc2O)NC1=O)Nc1ccccc1. The van der Waals surface area contributed by atoms with Gasteiger partial charge in [0.25, 0.3) is 5.91 Å². The van der Waals surface area contributed by atoms with Crippen LogP contribution in [-0.4, -0.2) is 35.1 Å². The average Bonchev–Trinajstić information content (AvgIpc) is 2.97. The van der Waals surface area contributed by atoms with Crippen LogP contribution in [0.1, 0.15) is 12.0 Å².